The quantitative estimate of drug-likeness (QED) is 0.488. The first-order chi connectivity index (χ1) is 17.3. The molecule has 0 bridgehead atoms. The van der Waals surface area contributed by atoms with Crippen molar-refractivity contribution < 1.29 is 9.59 Å². The Labute approximate surface area is 221 Å². The molecular formula is C31H41ClN2O2. The van der Waals surface area contributed by atoms with Crippen LogP contribution >= 0.6 is 11.6 Å². The molecule has 6 atom stereocenters. The fourth-order valence-corrected chi connectivity index (χ4v) is 9.43. The van der Waals surface area contributed by atoms with Crippen LogP contribution in [0.25, 0.3) is 0 Å². The second-order valence-electron chi connectivity index (χ2n) is 13.0. The maximum absolute atomic E-state index is 14.1. The Balaban J connectivity index is 1.24. The highest BCUT2D eigenvalue weighted by atomic mass is 35.5. The van der Waals surface area contributed by atoms with Crippen molar-refractivity contribution in [1.29, 1.82) is 0 Å². The first kappa shape index (κ1) is 24.5. The van der Waals surface area contributed by atoms with Crippen LogP contribution in [0.4, 0.5) is 0 Å². The Morgan fingerprint density at radius 1 is 0.972 bits per heavy atom. The number of hydrogen-bond donors (Lipinski definition) is 2. The molecule has 3 saturated carbocycles. The first-order valence-electron chi connectivity index (χ1n) is 14.3. The summed E-state index contributed by atoms with van der Waals surface area (Å²) in [6.45, 7) is 5.75. The number of fused-ring (bicyclic) bond motifs is 5. The van der Waals surface area contributed by atoms with Gasteiger partial charge in [-0.2, -0.15) is 0 Å². The lowest BCUT2D eigenvalue weighted by Crippen LogP contribution is -2.58. The normalized spacial score (nSPS) is 39.2. The van der Waals surface area contributed by atoms with Gasteiger partial charge in [0.2, 0.25) is 5.91 Å². The Hall–Kier alpha value is -1.81. The third-order valence-electron chi connectivity index (χ3n) is 11.4. The van der Waals surface area contributed by atoms with Crippen molar-refractivity contribution in [3.8, 4) is 0 Å². The molecule has 5 aliphatic rings. The minimum atomic E-state index is -0.264. The highest BCUT2D eigenvalue weighted by molar-refractivity contribution is 6.30. The summed E-state index contributed by atoms with van der Waals surface area (Å²) < 4.78 is 0. The third-order valence-corrected chi connectivity index (χ3v) is 11.6. The van der Waals surface area contributed by atoms with Crippen LogP contribution in [0.15, 0.2) is 36.0 Å². The van der Waals surface area contributed by atoms with Crippen molar-refractivity contribution in [2.75, 3.05) is 6.54 Å². The van der Waals surface area contributed by atoms with E-state index in [0.29, 0.717) is 24.2 Å². The molecule has 2 N–H and O–H groups in total. The van der Waals surface area contributed by atoms with E-state index in [9.17, 15) is 9.59 Å². The monoisotopic (exact) mass is 508 g/mol. The molecule has 0 spiro atoms. The van der Waals surface area contributed by atoms with Crippen molar-refractivity contribution in [2.45, 2.75) is 90.0 Å². The van der Waals surface area contributed by atoms with E-state index < -0.39 is 0 Å². The van der Waals surface area contributed by atoms with Gasteiger partial charge < -0.3 is 10.6 Å². The minimum absolute atomic E-state index is 0.0465. The summed E-state index contributed by atoms with van der Waals surface area (Å²) in [5.41, 5.74) is 2.25. The number of rotatable bonds is 3. The smallest absolute Gasteiger partial charge is 0.224 e. The number of halogens is 1. The summed E-state index contributed by atoms with van der Waals surface area (Å²) in [5.74, 6) is 2.37. The van der Waals surface area contributed by atoms with Gasteiger partial charge in [-0.15, -0.1) is 0 Å². The Morgan fingerprint density at radius 3 is 2.47 bits per heavy atom. The third kappa shape index (κ3) is 3.77. The lowest BCUT2D eigenvalue weighted by molar-refractivity contribution is -0.135. The zero-order chi connectivity index (χ0) is 25.1. The van der Waals surface area contributed by atoms with Crippen LogP contribution in [0.1, 0.15) is 90.0 Å². The minimum Gasteiger partial charge on any atom is -0.387 e. The van der Waals surface area contributed by atoms with E-state index in [4.69, 9.17) is 11.6 Å². The molecule has 4 aliphatic carbocycles. The molecule has 5 heteroatoms. The predicted octanol–water partition coefficient (Wildman–Crippen LogP) is 6.53. The molecule has 1 heterocycles. The Bertz CT molecular complexity index is 1070. The zero-order valence-corrected chi connectivity index (χ0v) is 22.6. The average Bonchev–Trinajstić information content (AvgIpc) is 3.23. The molecule has 4 nitrogen and oxygen atoms in total. The number of allylic oxidation sites excluding steroid dienone is 2. The fraction of sp³-hybridized carbons (Fsp3) is 0.677. The van der Waals surface area contributed by atoms with E-state index in [1.54, 1.807) is 0 Å². The van der Waals surface area contributed by atoms with Crippen LogP contribution < -0.4 is 10.6 Å². The summed E-state index contributed by atoms with van der Waals surface area (Å²) >= 11 is 6.20. The van der Waals surface area contributed by atoms with Crippen molar-refractivity contribution in [1.82, 2.24) is 10.6 Å². The molecule has 0 aromatic heterocycles. The van der Waals surface area contributed by atoms with Gasteiger partial charge in [-0.25, -0.2) is 0 Å². The number of benzene rings is 1. The summed E-state index contributed by atoms with van der Waals surface area (Å²) in [4.78, 5) is 26.2. The molecule has 6 rings (SSSR count). The van der Waals surface area contributed by atoms with E-state index in [2.05, 4.69) is 36.6 Å². The summed E-state index contributed by atoms with van der Waals surface area (Å²) in [7, 11) is 0. The SMILES string of the molecule is C[C@]12CC[C@H]3[C@@H](CNC4=CC(=O)CC[C@@]43C)[C@@H]1CC[C@@H]2C(=O)NC1(c2ccc(Cl)cc2)CCCCC1. The molecule has 0 unspecified atom stereocenters. The number of carbonyl (C=O) groups is 2. The Kier molecular flexibility index (Phi) is 6.06. The van der Waals surface area contributed by atoms with E-state index in [-0.39, 0.29) is 34.0 Å². The molecule has 1 aromatic carbocycles. The van der Waals surface area contributed by atoms with Gasteiger partial charge in [0, 0.05) is 41.1 Å². The zero-order valence-electron chi connectivity index (χ0n) is 21.9. The second kappa shape index (κ2) is 8.89. The lowest BCUT2D eigenvalue weighted by atomic mass is 9.50. The van der Waals surface area contributed by atoms with Crippen LogP contribution in [0.2, 0.25) is 5.02 Å². The van der Waals surface area contributed by atoms with Crippen LogP contribution in [0, 0.1) is 34.5 Å². The van der Waals surface area contributed by atoms with Gasteiger partial charge in [0.1, 0.15) is 0 Å². The topological polar surface area (TPSA) is 58.2 Å². The van der Waals surface area contributed by atoms with E-state index in [1.807, 2.05) is 18.2 Å². The molecule has 36 heavy (non-hydrogen) atoms. The van der Waals surface area contributed by atoms with Crippen molar-refractivity contribution in [3.05, 3.63) is 46.6 Å². The van der Waals surface area contributed by atoms with Gasteiger partial charge in [-0.3, -0.25) is 9.59 Å². The molecule has 0 radical (unpaired) electrons. The number of nitrogens with one attached hydrogen (secondary N) is 2. The molecule has 1 aliphatic heterocycles. The summed E-state index contributed by atoms with van der Waals surface area (Å²) in [6, 6.07) is 8.16. The van der Waals surface area contributed by atoms with Gasteiger partial charge in [-0.05, 0) is 85.8 Å². The van der Waals surface area contributed by atoms with Gasteiger partial charge in [0.25, 0.3) is 0 Å². The number of hydrogen-bond acceptors (Lipinski definition) is 3. The molecule has 1 amide bonds. The van der Waals surface area contributed by atoms with Crippen molar-refractivity contribution in [2.24, 2.45) is 34.5 Å². The maximum atomic E-state index is 14.1. The van der Waals surface area contributed by atoms with Gasteiger partial charge in [-0.1, -0.05) is 56.8 Å². The molecule has 1 aromatic rings. The number of amides is 1. The molecule has 194 valence electrons. The van der Waals surface area contributed by atoms with Crippen LogP contribution in [-0.2, 0) is 15.1 Å². The van der Waals surface area contributed by atoms with Gasteiger partial charge in [0.15, 0.2) is 5.78 Å². The van der Waals surface area contributed by atoms with E-state index in [0.717, 1.165) is 69.4 Å². The summed E-state index contributed by atoms with van der Waals surface area (Å²) in [5, 5.41) is 8.09. The van der Waals surface area contributed by atoms with Crippen LogP contribution in [0.3, 0.4) is 0 Å². The largest absolute Gasteiger partial charge is 0.387 e. The highest BCUT2D eigenvalue weighted by Crippen LogP contribution is 2.64. The van der Waals surface area contributed by atoms with Crippen LogP contribution in [0.5, 0.6) is 0 Å². The van der Waals surface area contributed by atoms with Gasteiger partial charge >= 0.3 is 0 Å². The molecular weight excluding hydrogens is 468 g/mol. The Morgan fingerprint density at radius 2 is 1.72 bits per heavy atom. The number of ketones is 1. The van der Waals surface area contributed by atoms with E-state index >= 15 is 0 Å². The van der Waals surface area contributed by atoms with Crippen molar-refractivity contribution in [3.63, 3.8) is 0 Å². The second-order valence-corrected chi connectivity index (χ2v) is 13.4. The first-order valence-corrected chi connectivity index (χ1v) is 14.7. The fourth-order valence-electron chi connectivity index (χ4n) is 9.31. The molecule has 4 fully saturated rings. The number of piperidine rings is 1. The lowest BCUT2D eigenvalue weighted by Gasteiger charge is -2.58. The van der Waals surface area contributed by atoms with Gasteiger partial charge in [0.05, 0.1) is 5.54 Å². The standard InChI is InChI=1S/C31H41ClN2O2/c1-29-17-13-25-23(19-33-27-18-22(35)12-16-30(25,27)2)24(29)10-11-26(29)28(36)34-31(14-4-3-5-15-31)20-6-8-21(32)9-7-20/h6-9,18,23-26,33H,3-5,10-17,19H2,1-2H3,(H,34,36)/t23-,24-,25-,26+,29-,30+/m0/s1. The summed E-state index contributed by atoms with van der Waals surface area (Å²) in [6.07, 6.45) is 13.5. The van der Waals surface area contributed by atoms with Crippen LogP contribution in [-0.4, -0.2) is 18.2 Å². The average molecular weight is 509 g/mol. The molecule has 1 saturated heterocycles. The number of carbonyl (C=O) groups excluding carboxylic acids is 2. The van der Waals surface area contributed by atoms with E-state index in [1.165, 1.54) is 17.7 Å². The highest BCUT2D eigenvalue weighted by Gasteiger charge is 2.60. The maximum Gasteiger partial charge on any atom is 0.224 e. The van der Waals surface area contributed by atoms with Crippen molar-refractivity contribution >= 4 is 23.3 Å². The predicted molar refractivity (Wildman–Crippen MR) is 143 cm³/mol.